The Labute approximate surface area is 155 Å². The van der Waals surface area contributed by atoms with Crippen molar-refractivity contribution in [3.05, 3.63) is 58.1 Å². The minimum atomic E-state index is -0.941. The predicted molar refractivity (Wildman–Crippen MR) is 104 cm³/mol. The summed E-state index contributed by atoms with van der Waals surface area (Å²) in [6.07, 6.45) is 0. The van der Waals surface area contributed by atoms with Crippen molar-refractivity contribution in [3.8, 4) is 11.5 Å². The Morgan fingerprint density at radius 2 is 1.58 bits per heavy atom. The number of methoxy groups -OCH3 is 1. The van der Waals surface area contributed by atoms with E-state index in [-0.39, 0.29) is 15.8 Å². The molecule has 0 N–H and O–H groups in total. The van der Waals surface area contributed by atoms with Crippen LogP contribution in [-0.4, -0.2) is 34.3 Å². The van der Waals surface area contributed by atoms with E-state index in [0.717, 1.165) is 8.58 Å². The SMILES string of the molecule is CPC.[B]C(C(=O)Oc1c(Cl)cccc1Cl)c1ccc(OC)cc1. The molecule has 0 aliphatic heterocycles. The third kappa shape index (κ3) is 6.01. The molecule has 0 saturated carbocycles. The Bertz CT molecular complexity index is 645. The number of ether oxygens (including phenoxy) is 2. The van der Waals surface area contributed by atoms with Crippen LogP contribution in [-0.2, 0) is 4.79 Å². The van der Waals surface area contributed by atoms with Crippen LogP contribution in [0, 0.1) is 0 Å². The first-order valence-electron chi connectivity index (χ1n) is 7.08. The lowest BCUT2D eigenvalue weighted by Crippen LogP contribution is -2.19. The lowest BCUT2D eigenvalue weighted by Gasteiger charge is -2.14. The summed E-state index contributed by atoms with van der Waals surface area (Å²) < 4.78 is 10.2. The van der Waals surface area contributed by atoms with E-state index in [2.05, 4.69) is 13.3 Å². The molecule has 126 valence electrons. The van der Waals surface area contributed by atoms with Crippen molar-refractivity contribution in [2.24, 2.45) is 0 Å². The topological polar surface area (TPSA) is 35.5 Å². The summed E-state index contributed by atoms with van der Waals surface area (Å²) in [6.45, 7) is 4.31. The molecular weight excluding hydrogens is 365 g/mol. The number of esters is 1. The molecule has 7 heteroatoms. The third-order valence-electron chi connectivity index (χ3n) is 2.85. The van der Waals surface area contributed by atoms with Gasteiger partial charge in [0.1, 0.15) is 5.75 Å². The maximum atomic E-state index is 12.1. The number of rotatable bonds is 4. The Kier molecular flexibility index (Phi) is 9.21. The quantitative estimate of drug-likeness (QED) is 0.331. The summed E-state index contributed by atoms with van der Waals surface area (Å²) in [5, 5.41) is 0.496. The van der Waals surface area contributed by atoms with Crippen molar-refractivity contribution < 1.29 is 14.3 Å². The van der Waals surface area contributed by atoms with E-state index >= 15 is 0 Å². The molecule has 0 saturated heterocycles. The number of benzene rings is 2. The molecule has 0 heterocycles. The molecule has 1 unspecified atom stereocenters. The van der Waals surface area contributed by atoms with E-state index in [4.69, 9.17) is 40.5 Å². The molecule has 2 aromatic rings. The molecule has 2 radical (unpaired) electrons. The Morgan fingerprint density at radius 1 is 1.08 bits per heavy atom. The van der Waals surface area contributed by atoms with Crippen LogP contribution in [0.5, 0.6) is 11.5 Å². The molecule has 2 aromatic carbocycles. The number of para-hydroxylation sites is 1. The molecule has 24 heavy (non-hydrogen) atoms. The number of carbonyl (C=O) groups is 1. The summed E-state index contributed by atoms with van der Waals surface area (Å²) in [6, 6.07) is 11.6. The van der Waals surface area contributed by atoms with E-state index in [1.54, 1.807) is 49.6 Å². The second-order valence-electron chi connectivity index (χ2n) is 4.72. The highest BCUT2D eigenvalue weighted by Crippen LogP contribution is 2.33. The van der Waals surface area contributed by atoms with Crippen molar-refractivity contribution in [1.29, 1.82) is 0 Å². The second-order valence-corrected chi connectivity index (χ2v) is 6.54. The van der Waals surface area contributed by atoms with Crippen molar-refractivity contribution in [1.82, 2.24) is 0 Å². The smallest absolute Gasteiger partial charge is 0.309 e. The summed E-state index contributed by atoms with van der Waals surface area (Å²) in [7, 11) is 8.52. The predicted octanol–water partition coefficient (Wildman–Crippen LogP) is 4.74. The van der Waals surface area contributed by atoms with Crippen molar-refractivity contribution in [3.63, 3.8) is 0 Å². The first-order valence-corrected chi connectivity index (χ1v) is 9.83. The fourth-order valence-electron chi connectivity index (χ4n) is 1.69. The van der Waals surface area contributed by atoms with Gasteiger partial charge in [-0.3, -0.25) is 4.79 Å². The third-order valence-corrected chi connectivity index (χ3v) is 3.45. The normalized spacial score (nSPS) is 11.0. The zero-order chi connectivity index (χ0) is 18.1. The average molecular weight is 383 g/mol. The highest BCUT2D eigenvalue weighted by atomic mass is 35.5. The van der Waals surface area contributed by atoms with Crippen LogP contribution in [0.15, 0.2) is 42.5 Å². The summed E-state index contributed by atoms with van der Waals surface area (Å²) in [5.41, 5.74) is 0.601. The monoisotopic (exact) mass is 382 g/mol. The van der Waals surface area contributed by atoms with Gasteiger partial charge in [0.2, 0.25) is 0 Å². The molecule has 0 bridgehead atoms. The molecule has 0 aliphatic carbocycles. The zero-order valence-electron chi connectivity index (χ0n) is 13.7. The first kappa shape index (κ1) is 20.8. The molecule has 0 fully saturated rings. The molecule has 0 amide bonds. The molecular formula is C17H18BCl2O3P. The maximum absolute atomic E-state index is 12.1. The van der Waals surface area contributed by atoms with Gasteiger partial charge in [-0.2, -0.15) is 0 Å². The summed E-state index contributed by atoms with van der Waals surface area (Å²) in [5.74, 6) is -0.804. The van der Waals surface area contributed by atoms with E-state index in [0.29, 0.717) is 11.3 Å². The minimum Gasteiger partial charge on any atom is -0.497 e. The first-order chi connectivity index (χ1) is 11.4. The number of carbonyl (C=O) groups excluding carboxylic acids is 1. The van der Waals surface area contributed by atoms with E-state index in [9.17, 15) is 4.79 Å². The van der Waals surface area contributed by atoms with Crippen LogP contribution < -0.4 is 9.47 Å². The van der Waals surface area contributed by atoms with Gasteiger partial charge in [-0.05, 0) is 43.2 Å². The summed E-state index contributed by atoms with van der Waals surface area (Å²) in [4.78, 5) is 12.1. The van der Waals surface area contributed by atoms with Gasteiger partial charge in [-0.25, -0.2) is 0 Å². The van der Waals surface area contributed by atoms with Gasteiger partial charge in [-0.1, -0.05) is 41.4 Å². The second kappa shape index (κ2) is 10.6. The standard InChI is InChI=1S/C15H11BCl2O3.C2H7P/c1-20-10-7-5-9(6-8-10)13(16)15(19)21-14-11(17)3-2-4-12(14)18;1-3-2/h2-8,13H,1H3;3H,1-2H3. The number of hydrogen-bond donors (Lipinski definition) is 0. The molecule has 1 atom stereocenters. The molecule has 0 aliphatic rings. The average Bonchev–Trinajstić information content (AvgIpc) is 2.58. The van der Waals surface area contributed by atoms with Gasteiger partial charge in [0.15, 0.2) is 5.75 Å². The number of halogens is 2. The maximum Gasteiger partial charge on any atom is 0.309 e. The molecule has 0 spiro atoms. The van der Waals surface area contributed by atoms with Gasteiger partial charge in [0.25, 0.3) is 0 Å². The largest absolute Gasteiger partial charge is 0.497 e. The van der Waals surface area contributed by atoms with Crippen LogP contribution in [0.3, 0.4) is 0 Å². The van der Waals surface area contributed by atoms with Crippen LogP contribution in [0.25, 0.3) is 0 Å². The van der Waals surface area contributed by atoms with E-state index in [1.807, 2.05) is 0 Å². The zero-order valence-corrected chi connectivity index (χ0v) is 16.2. The Hall–Kier alpha value is -1.22. The van der Waals surface area contributed by atoms with Crippen LogP contribution in [0.2, 0.25) is 10.0 Å². The van der Waals surface area contributed by atoms with Gasteiger partial charge >= 0.3 is 5.97 Å². The number of hydrogen-bond acceptors (Lipinski definition) is 3. The van der Waals surface area contributed by atoms with Gasteiger partial charge in [-0.15, -0.1) is 8.58 Å². The van der Waals surface area contributed by atoms with Gasteiger partial charge in [0.05, 0.1) is 25.0 Å². The lowest BCUT2D eigenvalue weighted by molar-refractivity contribution is -0.134. The minimum absolute atomic E-state index is 0.106. The molecule has 2 rings (SSSR count). The van der Waals surface area contributed by atoms with Gasteiger partial charge < -0.3 is 9.47 Å². The van der Waals surface area contributed by atoms with Crippen LogP contribution in [0.1, 0.15) is 11.4 Å². The van der Waals surface area contributed by atoms with E-state index in [1.165, 1.54) is 0 Å². The Balaban J connectivity index is 0.000000891. The van der Waals surface area contributed by atoms with Crippen LogP contribution in [0.4, 0.5) is 0 Å². The van der Waals surface area contributed by atoms with Gasteiger partial charge in [0, 0.05) is 5.82 Å². The highest BCUT2D eigenvalue weighted by Gasteiger charge is 2.19. The highest BCUT2D eigenvalue weighted by molar-refractivity contribution is 7.35. The van der Waals surface area contributed by atoms with Crippen LogP contribution >= 0.6 is 31.8 Å². The lowest BCUT2D eigenvalue weighted by atomic mass is 9.81. The van der Waals surface area contributed by atoms with Crippen molar-refractivity contribution in [2.45, 2.75) is 5.82 Å². The van der Waals surface area contributed by atoms with Crippen molar-refractivity contribution in [2.75, 3.05) is 20.4 Å². The fraction of sp³-hybridized carbons (Fsp3) is 0.235. The summed E-state index contributed by atoms with van der Waals surface area (Å²) >= 11 is 11.9. The Morgan fingerprint density at radius 3 is 2.04 bits per heavy atom. The van der Waals surface area contributed by atoms with Crippen molar-refractivity contribution >= 4 is 45.6 Å². The fourth-order valence-corrected chi connectivity index (χ4v) is 2.17. The van der Waals surface area contributed by atoms with E-state index < -0.39 is 11.8 Å². The molecule has 3 nitrogen and oxygen atoms in total. The molecule has 0 aromatic heterocycles.